The van der Waals surface area contributed by atoms with E-state index in [-0.39, 0.29) is 24.2 Å². The molecular weight excluding hydrogens is 488 g/mol. The van der Waals surface area contributed by atoms with Crippen LogP contribution in [0.5, 0.6) is 0 Å². The van der Waals surface area contributed by atoms with Gasteiger partial charge in [0, 0.05) is 18.7 Å². The summed E-state index contributed by atoms with van der Waals surface area (Å²) in [7, 11) is -4.02. The number of nitrogens with one attached hydrogen (secondary N) is 1. The normalized spacial score (nSPS) is 14.9. The number of sulfonamides is 1. The van der Waals surface area contributed by atoms with E-state index >= 15 is 0 Å². The van der Waals surface area contributed by atoms with Crippen molar-refractivity contribution in [2.75, 3.05) is 23.7 Å². The second-order valence-corrected chi connectivity index (χ2v) is 11.0. The predicted molar refractivity (Wildman–Crippen MR) is 135 cm³/mol. The first-order valence-corrected chi connectivity index (χ1v) is 14.0. The third kappa shape index (κ3) is 7.25. The third-order valence-electron chi connectivity index (χ3n) is 6.44. The Balaban J connectivity index is 1.87. The summed E-state index contributed by atoms with van der Waals surface area (Å²) in [6, 6.07) is 11.4. The molecule has 7 nitrogen and oxygen atoms in total. The van der Waals surface area contributed by atoms with Gasteiger partial charge in [0.15, 0.2) is 11.6 Å². The van der Waals surface area contributed by atoms with Gasteiger partial charge < -0.3 is 10.2 Å². The summed E-state index contributed by atoms with van der Waals surface area (Å²) in [4.78, 5) is 28.2. The molecule has 0 heterocycles. The molecule has 36 heavy (non-hydrogen) atoms. The summed E-state index contributed by atoms with van der Waals surface area (Å²) < 4.78 is 53.1. The Bertz CT molecular complexity index is 1160. The highest BCUT2D eigenvalue weighted by Gasteiger charge is 2.32. The maximum absolute atomic E-state index is 13.9. The molecule has 1 N–H and O–H groups in total. The van der Waals surface area contributed by atoms with Crippen LogP contribution in [0.2, 0.25) is 0 Å². The number of amides is 2. The Morgan fingerprint density at radius 3 is 2.31 bits per heavy atom. The zero-order chi connectivity index (χ0) is 26.3. The summed E-state index contributed by atoms with van der Waals surface area (Å²) in [5.41, 5.74) is 0.790. The highest BCUT2D eigenvalue weighted by Crippen LogP contribution is 2.22. The molecule has 1 aliphatic rings. The number of hydrogen-bond acceptors (Lipinski definition) is 4. The average Bonchev–Trinajstić information content (AvgIpc) is 3.34. The van der Waals surface area contributed by atoms with Crippen molar-refractivity contribution in [3.63, 3.8) is 0 Å². The summed E-state index contributed by atoms with van der Waals surface area (Å²) >= 11 is 0. The van der Waals surface area contributed by atoms with Crippen LogP contribution in [-0.4, -0.2) is 56.6 Å². The fraction of sp³-hybridized carbons (Fsp3) is 0.462. The predicted octanol–water partition coefficient (Wildman–Crippen LogP) is 3.64. The van der Waals surface area contributed by atoms with Gasteiger partial charge >= 0.3 is 0 Å². The van der Waals surface area contributed by atoms with E-state index in [1.807, 2.05) is 30.3 Å². The smallest absolute Gasteiger partial charge is 0.244 e. The molecule has 1 fully saturated rings. The molecule has 0 spiro atoms. The van der Waals surface area contributed by atoms with E-state index in [9.17, 15) is 26.8 Å². The quantitative estimate of drug-likeness (QED) is 0.489. The van der Waals surface area contributed by atoms with Gasteiger partial charge in [-0.1, -0.05) is 50.1 Å². The topological polar surface area (TPSA) is 86.8 Å². The Morgan fingerprint density at radius 1 is 1.06 bits per heavy atom. The first-order chi connectivity index (χ1) is 17.1. The molecule has 3 rings (SSSR count). The van der Waals surface area contributed by atoms with Crippen LogP contribution in [0.3, 0.4) is 0 Å². The zero-order valence-electron chi connectivity index (χ0n) is 20.6. The molecule has 1 atom stereocenters. The van der Waals surface area contributed by atoms with Crippen LogP contribution in [0.25, 0.3) is 0 Å². The van der Waals surface area contributed by atoms with Crippen LogP contribution in [0.1, 0.15) is 44.6 Å². The zero-order valence-corrected chi connectivity index (χ0v) is 21.4. The molecule has 1 saturated carbocycles. The monoisotopic (exact) mass is 521 g/mol. The van der Waals surface area contributed by atoms with Crippen molar-refractivity contribution in [1.82, 2.24) is 10.2 Å². The number of carbonyl (C=O) groups excluding carboxylic acids is 2. The molecule has 2 amide bonds. The van der Waals surface area contributed by atoms with E-state index in [0.717, 1.165) is 60.0 Å². The molecule has 0 aliphatic heterocycles. The molecule has 1 aliphatic carbocycles. The molecule has 10 heteroatoms. The number of halogens is 2. The van der Waals surface area contributed by atoms with E-state index in [4.69, 9.17) is 0 Å². The Labute approximate surface area is 211 Å². The van der Waals surface area contributed by atoms with E-state index in [1.165, 1.54) is 4.90 Å². The van der Waals surface area contributed by atoms with Crippen LogP contribution >= 0.6 is 0 Å². The van der Waals surface area contributed by atoms with Gasteiger partial charge in [-0.3, -0.25) is 13.9 Å². The standard InChI is InChI=1S/C26H33F2N3O4S/c1-3-24(26(33)29-20-11-7-8-12-20)30(16-15-19-9-5-4-6-10-19)25(32)18-31(36(2,34)35)21-13-14-22(27)23(28)17-21/h4-6,9-10,13-14,17,20,24H,3,7-8,11-12,15-16,18H2,1-2H3,(H,29,33)/t24-/m0/s1. The van der Waals surface area contributed by atoms with Crippen LogP contribution in [0.4, 0.5) is 14.5 Å². The van der Waals surface area contributed by atoms with Gasteiger partial charge in [0.05, 0.1) is 11.9 Å². The lowest BCUT2D eigenvalue weighted by Gasteiger charge is -2.33. The minimum atomic E-state index is -4.02. The highest BCUT2D eigenvalue weighted by molar-refractivity contribution is 7.92. The van der Waals surface area contributed by atoms with Gasteiger partial charge in [-0.25, -0.2) is 17.2 Å². The minimum absolute atomic E-state index is 0.0623. The first kappa shape index (κ1) is 27.6. The van der Waals surface area contributed by atoms with Gasteiger partial charge in [-0.2, -0.15) is 0 Å². The Hall–Kier alpha value is -3.01. The minimum Gasteiger partial charge on any atom is -0.352 e. The van der Waals surface area contributed by atoms with Gasteiger partial charge in [0.1, 0.15) is 12.6 Å². The van der Waals surface area contributed by atoms with Crippen molar-refractivity contribution >= 4 is 27.5 Å². The lowest BCUT2D eigenvalue weighted by atomic mass is 10.1. The fourth-order valence-corrected chi connectivity index (χ4v) is 5.36. The molecule has 0 bridgehead atoms. The van der Waals surface area contributed by atoms with E-state index in [0.29, 0.717) is 12.8 Å². The van der Waals surface area contributed by atoms with Crippen LogP contribution < -0.4 is 9.62 Å². The Morgan fingerprint density at radius 2 is 1.72 bits per heavy atom. The second kappa shape index (κ2) is 12.3. The largest absolute Gasteiger partial charge is 0.352 e. The highest BCUT2D eigenvalue weighted by atomic mass is 32.2. The summed E-state index contributed by atoms with van der Waals surface area (Å²) in [6.45, 7) is 1.34. The maximum atomic E-state index is 13.9. The number of benzene rings is 2. The molecule has 2 aromatic rings. The molecule has 0 aromatic heterocycles. The SMILES string of the molecule is CC[C@@H](C(=O)NC1CCCC1)N(CCc1ccccc1)C(=O)CN(c1ccc(F)c(F)c1)S(C)(=O)=O. The van der Waals surface area contributed by atoms with Crippen molar-refractivity contribution < 1.29 is 26.8 Å². The lowest BCUT2D eigenvalue weighted by Crippen LogP contribution is -2.54. The van der Waals surface area contributed by atoms with Gasteiger partial charge in [-0.15, -0.1) is 0 Å². The number of carbonyl (C=O) groups is 2. The Kier molecular flexibility index (Phi) is 9.42. The second-order valence-electron chi connectivity index (χ2n) is 9.10. The van der Waals surface area contributed by atoms with E-state index in [2.05, 4.69) is 5.32 Å². The summed E-state index contributed by atoms with van der Waals surface area (Å²) in [6.07, 6.45) is 5.54. The van der Waals surface area contributed by atoms with Gasteiger partial charge in [0.25, 0.3) is 0 Å². The third-order valence-corrected chi connectivity index (χ3v) is 7.58. The molecular formula is C26H33F2N3O4S. The van der Waals surface area contributed by atoms with Crippen LogP contribution in [0, 0.1) is 11.6 Å². The maximum Gasteiger partial charge on any atom is 0.244 e. The molecule has 0 saturated heterocycles. The van der Waals surface area contributed by atoms with Crippen molar-refractivity contribution in [3.05, 3.63) is 65.7 Å². The van der Waals surface area contributed by atoms with E-state index in [1.54, 1.807) is 6.92 Å². The van der Waals surface area contributed by atoms with Crippen LogP contribution in [-0.2, 0) is 26.0 Å². The molecule has 0 unspecified atom stereocenters. The molecule has 0 radical (unpaired) electrons. The van der Waals surface area contributed by atoms with Crippen molar-refractivity contribution in [3.8, 4) is 0 Å². The summed E-state index contributed by atoms with van der Waals surface area (Å²) in [5.74, 6) is -3.23. The molecule has 196 valence electrons. The molecule has 2 aromatic carbocycles. The number of hydrogen-bond donors (Lipinski definition) is 1. The van der Waals surface area contributed by atoms with Crippen molar-refractivity contribution in [2.24, 2.45) is 0 Å². The lowest BCUT2D eigenvalue weighted by molar-refractivity contribution is -0.139. The van der Waals surface area contributed by atoms with Gasteiger partial charge in [0.2, 0.25) is 21.8 Å². The average molecular weight is 522 g/mol. The van der Waals surface area contributed by atoms with E-state index < -0.39 is 40.2 Å². The van der Waals surface area contributed by atoms with Gasteiger partial charge in [-0.05, 0) is 43.4 Å². The van der Waals surface area contributed by atoms with Crippen molar-refractivity contribution in [1.29, 1.82) is 0 Å². The van der Waals surface area contributed by atoms with Crippen LogP contribution in [0.15, 0.2) is 48.5 Å². The van der Waals surface area contributed by atoms with Crippen molar-refractivity contribution in [2.45, 2.75) is 57.5 Å². The summed E-state index contributed by atoms with van der Waals surface area (Å²) in [5, 5.41) is 3.04. The number of rotatable bonds is 11. The number of anilines is 1. The first-order valence-electron chi connectivity index (χ1n) is 12.2. The fourth-order valence-electron chi connectivity index (χ4n) is 4.52. The number of nitrogens with zero attached hydrogens (tertiary/aromatic N) is 2.